The molecule has 25 heavy (non-hydrogen) atoms. The number of imidazole rings is 1. The van der Waals surface area contributed by atoms with Crippen molar-refractivity contribution in [2.24, 2.45) is 0 Å². The van der Waals surface area contributed by atoms with Crippen molar-refractivity contribution < 1.29 is 9.53 Å². The van der Waals surface area contributed by atoms with E-state index in [4.69, 9.17) is 4.74 Å². The van der Waals surface area contributed by atoms with Crippen molar-refractivity contribution in [2.45, 2.75) is 13.0 Å². The third-order valence-electron chi connectivity index (χ3n) is 3.78. The first-order valence-corrected chi connectivity index (χ1v) is 7.88. The molecule has 0 bridgehead atoms. The molecule has 0 aliphatic heterocycles. The number of carbonyl (C=O) groups is 1. The number of carbonyl (C=O) groups excluding carboxylic acids is 1. The number of aromatic nitrogens is 3. The number of para-hydroxylation sites is 1. The number of aromatic amines is 1. The van der Waals surface area contributed by atoms with Gasteiger partial charge in [-0.15, -0.1) is 0 Å². The van der Waals surface area contributed by atoms with E-state index in [1.165, 1.54) is 13.3 Å². The van der Waals surface area contributed by atoms with Crippen LogP contribution in [-0.4, -0.2) is 34.2 Å². The van der Waals surface area contributed by atoms with Gasteiger partial charge >= 0.3 is 6.03 Å². The van der Waals surface area contributed by atoms with Crippen molar-refractivity contribution >= 4 is 22.6 Å². The van der Waals surface area contributed by atoms with Crippen molar-refractivity contribution in [1.29, 1.82) is 0 Å². The summed E-state index contributed by atoms with van der Waals surface area (Å²) in [6.45, 7) is 1.25. The highest BCUT2D eigenvalue weighted by atomic mass is 16.5. The summed E-state index contributed by atoms with van der Waals surface area (Å²) in [4.78, 5) is 31.4. The van der Waals surface area contributed by atoms with Crippen LogP contribution in [0, 0.1) is 0 Å². The number of anilines is 1. The minimum atomic E-state index is -0.418. The summed E-state index contributed by atoms with van der Waals surface area (Å²) in [7, 11) is 1.54. The van der Waals surface area contributed by atoms with Gasteiger partial charge in [0.1, 0.15) is 11.4 Å². The van der Waals surface area contributed by atoms with Gasteiger partial charge in [0.25, 0.3) is 0 Å². The number of H-pyrrole nitrogens is 1. The summed E-state index contributed by atoms with van der Waals surface area (Å²) in [5.41, 5.74) is 0.523. The highest BCUT2D eigenvalue weighted by Gasteiger charge is 2.10. The number of rotatable bonds is 6. The molecule has 2 heterocycles. The topological polar surface area (TPSA) is 101 Å². The minimum absolute atomic E-state index is 0.188. The van der Waals surface area contributed by atoms with E-state index in [2.05, 4.69) is 20.6 Å². The van der Waals surface area contributed by atoms with E-state index in [1.54, 1.807) is 30.7 Å². The Morgan fingerprint density at radius 3 is 3.04 bits per heavy atom. The number of fused-ring (bicyclic) bond motifs is 1. The zero-order valence-corrected chi connectivity index (χ0v) is 13.8. The van der Waals surface area contributed by atoms with Crippen LogP contribution < -0.4 is 20.8 Å². The van der Waals surface area contributed by atoms with E-state index in [0.717, 1.165) is 13.0 Å². The van der Waals surface area contributed by atoms with E-state index in [9.17, 15) is 9.59 Å². The number of methoxy groups -OCH3 is 1. The molecule has 0 saturated heterocycles. The molecular formula is C17H19N5O3. The average molecular weight is 341 g/mol. The Balaban J connectivity index is 1.61. The summed E-state index contributed by atoms with van der Waals surface area (Å²) >= 11 is 0. The molecule has 0 aliphatic rings. The summed E-state index contributed by atoms with van der Waals surface area (Å²) in [6.07, 6.45) is 7.53. The number of benzene rings is 1. The molecular weight excluding hydrogens is 322 g/mol. The molecule has 8 nitrogen and oxygen atoms in total. The molecule has 0 aliphatic carbocycles. The van der Waals surface area contributed by atoms with Crippen LogP contribution in [0.4, 0.5) is 10.5 Å². The van der Waals surface area contributed by atoms with Crippen molar-refractivity contribution in [3.8, 4) is 5.75 Å². The number of aryl methyl sites for hydroxylation is 1. The Labute approximate surface area is 143 Å². The molecule has 0 saturated carbocycles. The second-order valence-corrected chi connectivity index (χ2v) is 5.45. The fourth-order valence-electron chi connectivity index (χ4n) is 2.54. The Kier molecular flexibility index (Phi) is 4.98. The normalized spacial score (nSPS) is 10.6. The number of urea groups is 1. The Hall–Kier alpha value is -3.29. The molecule has 130 valence electrons. The quantitative estimate of drug-likeness (QED) is 0.596. The van der Waals surface area contributed by atoms with Gasteiger partial charge in [0.2, 0.25) is 5.43 Å². The lowest BCUT2D eigenvalue weighted by molar-refractivity contribution is 0.252. The van der Waals surface area contributed by atoms with Crippen molar-refractivity contribution in [3.63, 3.8) is 0 Å². The number of nitrogens with one attached hydrogen (secondary N) is 3. The van der Waals surface area contributed by atoms with Gasteiger partial charge in [0.15, 0.2) is 0 Å². The van der Waals surface area contributed by atoms with Crippen LogP contribution in [-0.2, 0) is 6.54 Å². The highest BCUT2D eigenvalue weighted by Crippen LogP contribution is 2.21. The molecule has 3 rings (SSSR count). The smallest absolute Gasteiger partial charge is 0.319 e. The number of hydrogen-bond donors (Lipinski definition) is 3. The lowest BCUT2D eigenvalue weighted by atomic mass is 10.2. The van der Waals surface area contributed by atoms with E-state index >= 15 is 0 Å². The van der Waals surface area contributed by atoms with Gasteiger partial charge in [-0.2, -0.15) is 0 Å². The number of pyridine rings is 1. The first kappa shape index (κ1) is 16.6. The van der Waals surface area contributed by atoms with Crippen LogP contribution >= 0.6 is 0 Å². The molecule has 0 unspecified atom stereocenters. The molecule has 0 atom stereocenters. The van der Waals surface area contributed by atoms with Gasteiger partial charge in [-0.25, -0.2) is 9.78 Å². The van der Waals surface area contributed by atoms with E-state index in [0.29, 0.717) is 23.2 Å². The van der Waals surface area contributed by atoms with Gasteiger partial charge in [0, 0.05) is 31.7 Å². The molecule has 2 amide bonds. The molecule has 3 aromatic rings. The molecule has 2 aromatic heterocycles. The molecule has 0 spiro atoms. The molecule has 0 radical (unpaired) electrons. The van der Waals surface area contributed by atoms with Gasteiger partial charge in [-0.3, -0.25) is 4.79 Å². The van der Waals surface area contributed by atoms with Crippen LogP contribution in [0.2, 0.25) is 0 Å². The van der Waals surface area contributed by atoms with Crippen molar-refractivity contribution in [2.75, 3.05) is 19.0 Å². The van der Waals surface area contributed by atoms with E-state index in [-0.39, 0.29) is 11.1 Å². The Morgan fingerprint density at radius 1 is 1.40 bits per heavy atom. The second-order valence-electron chi connectivity index (χ2n) is 5.45. The standard InChI is InChI=1S/C17H19N5O3/c1-25-14-5-2-4-12-15(14)20-10-13(16(12)23)21-17(24)19-6-3-8-22-9-7-18-11-22/h2,4-5,7,9-11H,3,6,8H2,1H3,(H,20,23)(H2,19,21,24). The van der Waals surface area contributed by atoms with Crippen LogP contribution in [0.1, 0.15) is 6.42 Å². The van der Waals surface area contributed by atoms with E-state index in [1.807, 2.05) is 10.8 Å². The van der Waals surface area contributed by atoms with Gasteiger partial charge < -0.3 is 24.9 Å². The second kappa shape index (κ2) is 7.52. The minimum Gasteiger partial charge on any atom is -0.495 e. The zero-order chi connectivity index (χ0) is 17.6. The highest BCUT2D eigenvalue weighted by molar-refractivity contribution is 5.93. The van der Waals surface area contributed by atoms with Crippen LogP contribution in [0.25, 0.3) is 10.9 Å². The SMILES string of the molecule is COc1cccc2c(=O)c(NC(=O)NCCCn3ccnc3)c[nH]c12. The third kappa shape index (κ3) is 3.79. The molecule has 3 N–H and O–H groups in total. The van der Waals surface area contributed by atoms with Crippen molar-refractivity contribution in [1.82, 2.24) is 19.9 Å². The van der Waals surface area contributed by atoms with Crippen LogP contribution in [0.15, 0.2) is 47.9 Å². The number of nitrogens with zero attached hydrogens (tertiary/aromatic N) is 2. The lowest BCUT2D eigenvalue weighted by Crippen LogP contribution is -2.31. The summed E-state index contributed by atoms with van der Waals surface area (Å²) < 4.78 is 7.15. The van der Waals surface area contributed by atoms with Crippen LogP contribution in [0.3, 0.4) is 0 Å². The van der Waals surface area contributed by atoms with Gasteiger partial charge in [-0.1, -0.05) is 6.07 Å². The Bertz CT molecular complexity index is 918. The fourth-order valence-corrected chi connectivity index (χ4v) is 2.54. The predicted octanol–water partition coefficient (Wildman–Crippen LogP) is 1.94. The monoisotopic (exact) mass is 341 g/mol. The average Bonchev–Trinajstić information content (AvgIpc) is 3.14. The molecule has 8 heteroatoms. The summed E-state index contributed by atoms with van der Waals surface area (Å²) in [5.74, 6) is 0.574. The van der Waals surface area contributed by atoms with Gasteiger partial charge in [0.05, 0.1) is 24.3 Å². The fraction of sp³-hybridized carbons (Fsp3) is 0.235. The first-order chi connectivity index (χ1) is 12.2. The van der Waals surface area contributed by atoms with Gasteiger partial charge in [-0.05, 0) is 18.6 Å². The molecule has 1 aromatic carbocycles. The maximum Gasteiger partial charge on any atom is 0.319 e. The third-order valence-corrected chi connectivity index (χ3v) is 3.78. The lowest BCUT2D eigenvalue weighted by Gasteiger charge is -2.09. The number of hydrogen-bond acceptors (Lipinski definition) is 4. The maximum absolute atomic E-state index is 12.5. The number of ether oxygens (including phenoxy) is 1. The summed E-state index contributed by atoms with van der Waals surface area (Å²) in [5, 5.41) is 5.77. The summed E-state index contributed by atoms with van der Waals surface area (Å²) in [6, 6.07) is 4.76. The largest absolute Gasteiger partial charge is 0.495 e. The zero-order valence-electron chi connectivity index (χ0n) is 13.8. The van der Waals surface area contributed by atoms with Crippen LogP contribution in [0.5, 0.6) is 5.75 Å². The van der Waals surface area contributed by atoms with Crippen molar-refractivity contribution in [3.05, 3.63) is 53.3 Å². The number of amides is 2. The molecule has 0 fully saturated rings. The maximum atomic E-state index is 12.5. The van der Waals surface area contributed by atoms with E-state index < -0.39 is 6.03 Å². The first-order valence-electron chi connectivity index (χ1n) is 7.88. The Morgan fingerprint density at radius 2 is 2.28 bits per heavy atom. The predicted molar refractivity (Wildman–Crippen MR) is 95.0 cm³/mol.